The molecule has 0 heterocycles. The number of nitrogens with zero attached hydrogens (tertiary/aromatic N) is 1. The maximum absolute atomic E-state index is 6.26. The summed E-state index contributed by atoms with van der Waals surface area (Å²) in [5, 5.41) is 0.799. The number of halogens is 2. The minimum Gasteiger partial charge on any atom is -0.370 e. The van der Waals surface area contributed by atoms with Gasteiger partial charge in [0.1, 0.15) is 0 Å². The Hall–Kier alpha value is -1.03. The van der Waals surface area contributed by atoms with E-state index in [1.54, 1.807) is 0 Å². The summed E-state index contributed by atoms with van der Waals surface area (Å²) in [6, 6.07) is 14.4. The predicted octanol–water partition coefficient (Wildman–Crippen LogP) is 4.63. The van der Waals surface area contributed by atoms with Crippen molar-refractivity contribution >= 4 is 33.2 Å². The van der Waals surface area contributed by atoms with Crippen molar-refractivity contribution in [1.29, 1.82) is 0 Å². The van der Waals surface area contributed by atoms with Crippen molar-refractivity contribution < 1.29 is 0 Å². The van der Waals surface area contributed by atoms with E-state index in [4.69, 9.17) is 17.3 Å². The molecule has 0 amide bonds. The molecule has 2 rings (SSSR count). The highest BCUT2D eigenvalue weighted by Gasteiger charge is 2.11. The first-order chi connectivity index (χ1) is 9.97. The molecule has 2 aromatic carbocycles. The topological polar surface area (TPSA) is 29.3 Å². The molecule has 21 heavy (non-hydrogen) atoms. The second-order valence-corrected chi connectivity index (χ2v) is 6.72. The maximum Gasteiger partial charge on any atom is 0.0455 e. The summed E-state index contributed by atoms with van der Waals surface area (Å²) in [7, 11) is 2.08. The second kappa shape index (κ2) is 7.30. The Morgan fingerprint density at radius 3 is 2.57 bits per heavy atom. The average molecular weight is 368 g/mol. The van der Waals surface area contributed by atoms with Crippen LogP contribution in [0.1, 0.15) is 18.1 Å². The van der Waals surface area contributed by atoms with Crippen LogP contribution in [-0.4, -0.2) is 13.1 Å². The van der Waals surface area contributed by atoms with Gasteiger partial charge in [-0.1, -0.05) is 51.8 Å². The molecule has 2 N–H and O–H groups in total. The molecule has 1 unspecified atom stereocenters. The van der Waals surface area contributed by atoms with Crippen molar-refractivity contribution in [2.45, 2.75) is 25.9 Å². The fourth-order valence-corrected chi connectivity index (χ4v) is 2.92. The van der Waals surface area contributed by atoms with E-state index in [1.807, 2.05) is 25.1 Å². The predicted molar refractivity (Wildman–Crippen MR) is 95.1 cm³/mol. The van der Waals surface area contributed by atoms with Gasteiger partial charge in [0.2, 0.25) is 0 Å². The van der Waals surface area contributed by atoms with Crippen LogP contribution in [0.5, 0.6) is 0 Å². The Kier molecular flexibility index (Phi) is 5.68. The summed E-state index contributed by atoms with van der Waals surface area (Å²) >= 11 is 9.80. The minimum atomic E-state index is 0.138. The SMILES string of the molecule is CC(N)Cc1ccc(Br)cc1N(C)Cc1ccccc1Cl. The van der Waals surface area contributed by atoms with Gasteiger partial charge < -0.3 is 10.6 Å². The molecular formula is C17H20BrClN2. The van der Waals surface area contributed by atoms with Crippen LogP contribution in [0.4, 0.5) is 5.69 Å². The van der Waals surface area contributed by atoms with Gasteiger partial charge in [0.15, 0.2) is 0 Å². The summed E-state index contributed by atoms with van der Waals surface area (Å²) in [6.07, 6.45) is 0.857. The quantitative estimate of drug-likeness (QED) is 0.835. The minimum absolute atomic E-state index is 0.138. The number of hydrogen-bond donors (Lipinski definition) is 1. The van der Waals surface area contributed by atoms with Gasteiger partial charge in [-0.3, -0.25) is 0 Å². The Bertz CT molecular complexity index is 613. The molecule has 0 bridgehead atoms. The van der Waals surface area contributed by atoms with Gasteiger partial charge in [0, 0.05) is 34.8 Å². The molecule has 0 saturated carbocycles. The van der Waals surface area contributed by atoms with E-state index in [0.29, 0.717) is 0 Å². The van der Waals surface area contributed by atoms with E-state index in [-0.39, 0.29) is 6.04 Å². The average Bonchev–Trinajstić information content (AvgIpc) is 2.43. The molecule has 0 aliphatic rings. The van der Waals surface area contributed by atoms with Crippen molar-refractivity contribution in [3.63, 3.8) is 0 Å². The lowest BCUT2D eigenvalue weighted by Gasteiger charge is -2.24. The van der Waals surface area contributed by atoms with E-state index in [2.05, 4.69) is 52.1 Å². The van der Waals surface area contributed by atoms with Crippen LogP contribution in [0.15, 0.2) is 46.9 Å². The van der Waals surface area contributed by atoms with Gasteiger partial charge in [-0.25, -0.2) is 0 Å². The van der Waals surface area contributed by atoms with Crippen LogP contribution in [0.3, 0.4) is 0 Å². The smallest absolute Gasteiger partial charge is 0.0455 e. The molecule has 0 aromatic heterocycles. The summed E-state index contributed by atoms with van der Waals surface area (Å²) < 4.78 is 1.07. The first kappa shape index (κ1) is 16.3. The van der Waals surface area contributed by atoms with E-state index in [1.165, 1.54) is 11.3 Å². The van der Waals surface area contributed by atoms with Crippen LogP contribution in [0.2, 0.25) is 5.02 Å². The van der Waals surface area contributed by atoms with Gasteiger partial charge >= 0.3 is 0 Å². The third kappa shape index (κ3) is 4.47. The number of benzene rings is 2. The molecule has 0 saturated heterocycles. The lowest BCUT2D eigenvalue weighted by molar-refractivity contribution is 0.734. The molecule has 2 aromatic rings. The summed E-state index contributed by atoms with van der Waals surface area (Å²) in [5.74, 6) is 0. The van der Waals surface area contributed by atoms with Crippen LogP contribution in [0.25, 0.3) is 0 Å². The standard InChI is InChI=1S/C17H20BrClN2/c1-12(20)9-13-7-8-15(18)10-17(13)21(2)11-14-5-3-4-6-16(14)19/h3-8,10,12H,9,11,20H2,1-2H3. The van der Waals surface area contributed by atoms with Crippen LogP contribution in [-0.2, 0) is 13.0 Å². The number of nitrogens with two attached hydrogens (primary N) is 1. The highest BCUT2D eigenvalue weighted by atomic mass is 79.9. The lowest BCUT2D eigenvalue weighted by Crippen LogP contribution is -2.22. The van der Waals surface area contributed by atoms with Crippen LogP contribution >= 0.6 is 27.5 Å². The molecule has 1 atom stereocenters. The number of anilines is 1. The van der Waals surface area contributed by atoms with Gasteiger partial charge in [0.25, 0.3) is 0 Å². The fraction of sp³-hybridized carbons (Fsp3) is 0.294. The van der Waals surface area contributed by atoms with Crippen molar-refractivity contribution in [3.8, 4) is 0 Å². The van der Waals surface area contributed by atoms with E-state index in [0.717, 1.165) is 28.0 Å². The molecule has 4 heteroatoms. The van der Waals surface area contributed by atoms with Gasteiger partial charge in [-0.2, -0.15) is 0 Å². The van der Waals surface area contributed by atoms with Crippen molar-refractivity contribution in [2.75, 3.05) is 11.9 Å². The number of hydrogen-bond acceptors (Lipinski definition) is 2. The lowest BCUT2D eigenvalue weighted by atomic mass is 10.0. The summed E-state index contributed by atoms with van der Waals surface area (Å²) in [6.45, 7) is 2.79. The van der Waals surface area contributed by atoms with Gasteiger partial charge in [0.05, 0.1) is 0 Å². The zero-order chi connectivity index (χ0) is 15.4. The second-order valence-electron chi connectivity index (χ2n) is 5.40. The highest BCUT2D eigenvalue weighted by molar-refractivity contribution is 9.10. The molecule has 0 radical (unpaired) electrons. The zero-order valence-electron chi connectivity index (χ0n) is 12.3. The molecular weight excluding hydrogens is 348 g/mol. The van der Waals surface area contributed by atoms with E-state index in [9.17, 15) is 0 Å². The van der Waals surface area contributed by atoms with Gasteiger partial charge in [-0.15, -0.1) is 0 Å². The summed E-state index contributed by atoms with van der Waals surface area (Å²) in [5.41, 5.74) is 9.51. The third-order valence-electron chi connectivity index (χ3n) is 3.37. The Labute approximate surface area is 140 Å². The largest absolute Gasteiger partial charge is 0.370 e. The molecule has 0 fully saturated rings. The Morgan fingerprint density at radius 2 is 1.90 bits per heavy atom. The maximum atomic E-state index is 6.26. The van der Waals surface area contributed by atoms with E-state index < -0.39 is 0 Å². The molecule has 0 aliphatic heterocycles. The fourth-order valence-electron chi connectivity index (χ4n) is 2.38. The highest BCUT2D eigenvalue weighted by Crippen LogP contribution is 2.27. The van der Waals surface area contributed by atoms with Crippen molar-refractivity contribution in [3.05, 3.63) is 63.1 Å². The number of rotatable bonds is 5. The normalized spacial score (nSPS) is 12.2. The first-order valence-corrected chi connectivity index (χ1v) is 8.13. The van der Waals surface area contributed by atoms with Gasteiger partial charge in [-0.05, 0) is 42.7 Å². The molecule has 112 valence electrons. The Morgan fingerprint density at radius 1 is 1.19 bits per heavy atom. The zero-order valence-corrected chi connectivity index (χ0v) is 14.7. The third-order valence-corrected chi connectivity index (χ3v) is 4.23. The van der Waals surface area contributed by atoms with Crippen molar-refractivity contribution in [2.24, 2.45) is 5.73 Å². The molecule has 2 nitrogen and oxygen atoms in total. The molecule has 0 aliphatic carbocycles. The van der Waals surface area contributed by atoms with E-state index >= 15 is 0 Å². The van der Waals surface area contributed by atoms with Crippen LogP contribution in [0, 0.1) is 0 Å². The Balaban J connectivity index is 2.27. The first-order valence-electron chi connectivity index (χ1n) is 6.96. The monoisotopic (exact) mass is 366 g/mol. The summed E-state index contributed by atoms with van der Waals surface area (Å²) in [4.78, 5) is 2.21. The van der Waals surface area contributed by atoms with Crippen molar-refractivity contribution in [1.82, 2.24) is 0 Å². The van der Waals surface area contributed by atoms with Crippen LogP contribution < -0.4 is 10.6 Å². The molecule has 0 spiro atoms.